The number of benzene rings is 1. The van der Waals surface area contributed by atoms with Crippen molar-refractivity contribution in [2.24, 2.45) is 0 Å². The molecular formula is C12H17NO4. The van der Waals surface area contributed by atoms with Crippen molar-refractivity contribution in [2.45, 2.75) is 13.0 Å². The number of rotatable bonds is 5. The molecule has 17 heavy (non-hydrogen) atoms. The van der Waals surface area contributed by atoms with Crippen molar-refractivity contribution in [1.29, 1.82) is 0 Å². The van der Waals surface area contributed by atoms with Crippen LogP contribution in [0.2, 0.25) is 0 Å². The first kappa shape index (κ1) is 13.3. The van der Waals surface area contributed by atoms with E-state index in [1.54, 1.807) is 25.3 Å². The summed E-state index contributed by atoms with van der Waals surface area (Å²) in [5.74, 6) is 0.0799. The van der Waals surface area contributed by atoms with Gasteiger partial charge in [-0.1, -0.05) is 0 Å². The van der Waals surface area contributed by atoms with E-state index in [2.05, 4.69) is 0 Å². The first-order valence-corrected chi connectivity index (χ1v) is 5.22. The molecule has 94 valence electrons. The molecule has 5 nitrogen and oxygen atoms in total. The average Bonchev–Trinajstić information content (AvgIpc) is 2.36. The summed E-state index contributed by atoms with van der Waals surface area (Å²) in [6.07, 6.45) is -0.147. The Kier molecular flexibility index (Phi) is 4.78. The molecule has 0 fully saturated rings. The first-order chi connectivity index (χ1) is 8.08. The summed E-state index contributed by atoms with van der Waals surface area (Å²) in [6, 6.07) is 4.84. The Morgan fingerprint density at radius 1 is 1.41 bits per heavy atom. The first-order valence-electron chi connectivity index (χ1n) is 5.22. The summed E-state index contributed by atoms with van der Waals surface area (Å²) in [4.78, 5) is 11.7. The Morgan fingerprint density at radius 3 is 2.71 bits per heavy atom. The van der Waals surface area contributed by atoms with Crippen LogP contribution in [0.4, 0.5) is 5.69 Å². The number of ether oxygens (including phenoxy) is 3. The summed E-state index contributed by atoms with van der Waals surface area (Å²) in [5, 5.41) is 0. The number of nitrogen functional groups attached to an aromatic ring is 1. The zero-order valence-corrected chi connectivity index (χ0v) is 10.2. The second-order valence-corrected chi connectivity index (χ2v) is 3.60. The molecule has 0 saturated carbocycles. The van der Waals surface area contributed by atoms with E-state index < -0.39 is 5.97 Å². The molecule has 0 amide bonds. The normalized spacial score (nSPS) is 11.9. The lowest BCUT2D eigenvalue weighted by Gasteiger charge is -2.11. The van der Waals surface area contributed by atoms with Gasteiger partial charge in [-0.05, 0) is 25.1 Å². The van der Waals surface area contributed by atoms with Crippen molar-refractivity contribution in [1.82, 2.24) is 0 Å². The Labute approximate surface area is 100 Å². The van der Waals surface area contributed by atoms with Crippen molar-refractivity contribution < 1.29 is 19.0 Å². The van der Waals surface area contributed by atoms with Crippen molar-refractivity contribution in [2.75, 3.05) is 26.6 Å². The molecule has 5 heteroatoms. The lowest BCUT2D eigenvalue weighted by Crippen LogP contribution is -2.18. The molecule has 1 unspecified atom stereocenters. The van der Waals surface area contributed by atoms with Crippen LogP contribution in [0.3, 0.4) is 0 Å². The predicted molar refractivity (Wildman–Crippen MR) is 64.2 cm³/mol. The van der Waals surface area contributed by atoms with Crippen LogP contribution in [-0.4, -0.2) is 32.9 Å². The summed E-state index contributed by atoms with van der Waals surface area (Å²) in [5.41, 5.74) is 6.36. The third-order valence-electron chi connectivity index (χ3n) is 2.33. The zero-order valence-electron chi connectivity index (χ0n) is 10.2. The quantitative estimate of drug-likeness (QED) is 0.622. The number of hydrogen-bond donors (Lipinski definition) is 1. The second kappa shape index (κ2) is 6.10. The number of hydrogen-bond acceptors (Lipinski definition) is 5. The highest BCUT2D eigenvalue weighted by molar-refractivity contribution is 5.95. The van der Waals surface area contributed by atoms with Crippen LogP contribution in [0.1, 0.15) is 17.3 Å². The standard InChI is InChI=1S/C12H17NO4/c1-8(15-2)7-17-12(14)10-6-9(16-3)4-5-11(10)13/h4-6,8H,7,13H2,1-3H3. The molecule has 2 N–H and O–H groups in total. The van der Waals surface area contributed by atoms with Crippen LogP contribution in [0, 0.1) is 0 Å². The maximum atomic E-state index is 11.7. The Balaban J connectivity index is 2.74. The van der Waals surface area contributed by atoms with Crippen molar-refractivity contribution in [3.8, 4) is 5.75 Å². The topological polar surface area (TPSA) is 70.8 Å². The molecule has 0 radical (unpaired) electrons. The van der Waals surface area contributed by atoms with E-state index in [1.807, 2.05) is 6.92 Å². The third-order valence-corrected chi connectivity index (χ3v) is 2.33. The molecular weight excluding hydrogens is 222 g/mol. The number of nitrogens with two attached hydrogens (primary N) is 1. The number of anilines is 1. The molecule has 0 bridgehead atoms. The Bertz CT molecular complexity index is 392. The molecule has 0 aliphatic rings. The van der Waals surface area contributed by atoms with Crippen LogP contribution < -0.4 is 10.5 Å². The largest absolute Gasteiger partial charge is 0.497 e. The number of carbonyl (C=O) groups excluding carboxylic acids is 1. The molecule has 0 saturated heterocycles. The lowest BCUT2D eigenvalue weighted by atomic mass is 10.2. The maximum Gasteiger partial charge on any atom is 0.340 e. The average molecular weight is 239 g/mol. The van der Waals surface area contributed by atoms with Crippen molar-refractivity contribution in [3.05, 3.63) is 23.8 Å². The van der Waals surface area contributed by atoms with E-state index >= 15 is 0 Å². The van der Waals surface area contributed by atoms with Crippen molar-refractivity contribution >= 4 is 11.7 Å². The van der Waals surface area contributed by atoms with Gasteiger partial charge >= 0.3 is 5.97 Å². The van der Waals surface area contributed by atoms with Crippen molar-refractivity contribution in [3.63, 3.8) is 0 Å². The number of methoxy groups -OCH3 is 2. The number of carbonyl (C=O) groups is 1. The predicted octanol–water partition coefficient (Wildman–Crippen LogP) is 1.47. The van der Waals surface area contributed by atoms with Gasteiger partial charge in [0.2, 0.25) is 0 Å². The Hall–Kier alpha value is -1.75. The Morgan fingerprint density at radius 2 is 2.12 bits per heavy atom. The highest BCUT2D eigenvalue weighted by Crippen LogP contribution is 2.20. The van der Waals surface area contributed by atoms with Gasteiger partial charge in [0.15, 0.2) is 0 Å². The highest BCUT2D eigenvalue weighted by Gasteiger charge is 2.13. The van der Waals surface area contributed by atoms with Gasteiger partial charge in [-0.25, -0.2) is 4.79 Å². The minimum absolute atomic E-state index is 0.147. The molecule has 1 aromatic rings. The molecule has 0 spiro atoms. The number of esters is 1. The van der Waals surface area contributed by atoms with E-state index in [4.69, 9.17) is 19.9 Å². The van der Waals surface area contributed by atoms with Gasteiger partial charge in [-0.3, -0.25) is 0 Å². The molecule has 1 atom stereocenters. The minimum Gasteiger partial charge on any atom is -0.497 e. The van der Waals surface area contributed by atoms with E-state index in [-0.39, 0.29) is 12.7 Å². The summed E-state index contributed by atoms with van der Waals surface area (Å²) >= 11 is 0. The van der Waals surface area contributed by atoms with Crippen LogP contribution in [0.25, 0.3) is 0 Å². The second-order valence-electron chi connectivity index (χ2n) is 3.60. The third kappa shape index (κ3) is 3.64. The van der Waals surface area contributed by atoms with E-state index in [1.165, 1.54) is 7.11 Å². The maximum absolute atomic E-state index is 11.7. The van der Waals surface area contributed by atoms with Gasteiger partial charge in [-0.2, -0.15) is 0 Å². The fourth-order valence-corrected chi connectivity index (χ4v) is 1.18. The summed E-state index contributed by atoms with van der Waals surface area (Å²) in [6.45, 7) is 1.99. The van der Waals surface area contributed by atoms with Crippen LogP contribution >= 0.6 is 0 Å². The molecule has 0 aliphatic carbocycles. The van der Waals surface area contributed by atoms with Gasteiger partial charge in [0.25, 0.3) is 0 Å². The fraction of sp³-hybridized carbons (Fsp3) is 0.417. The van der Waals surface area contributed by atoms with Crippen LogP contribution in [0.15, 0.2) is 18.2 Å². The van der Waals surface area contributed by atoms with E-state index in [0.717, 1.165) is 0 Å². The summed E-state index contributed by atoms with van der Waals surface area (Å²) < 4.78 is 15.1. The molecule has 0 heterocycles. The molecule has 0 aliphatic heterocycles. The van der Waals surface area contributed by atoms with Gasteiger partial charge in [0.1, 0.15) is 12.4 Å². The molecule has 0 aromatic heterocycles. The molecule has 1 aromatic carbocycles. The SMILES string of the molecule is COc1ccc(N)c(C(=O)OCC(C)OC)c1. The van der Waals surface area contributed by atoms with Gasteiger partial charge in [-0.15, -0.1) is 0 Å². The van der Waals surface area contributed by atoms with Crippen LogP contribution in [-0.2, 0) is 9.47 Å². The van der Waals surface area contributed by atoms with Gasteiger partial charge < -0.3 is 19.9 Å². The highest BCUT2D eigenvalue weighted by atomic mass is 16.6. The lowest BCUT2D eigenvalue weighted by molar-refractivity contribution is 0.0170. The monoisotopic (exact) mass is 239 g/mol. The van der Waals surface area contributed by atoms with Gasteiger partial charge in [0.05, 0.1) is 18.8 Å². The van der Waals surface area contributed by atoms with E-state index in [9.17, 15) is 4.79 Å². The van der Waals surface area contributed by atoms with Gasteiger partial charge in [0, 0.05) is 12.8 Å². The zero-order chi connectivity index (χ0) is 12.8. The van der Waals surface area contributed by atoms with E-state index in [0.29, 0.717) is 17.0 Å². The minimum atomic E-state index is -0.481. The fourth-order valence-electron chi connectivity index (χ4n) is 1.18. The molecule has 1 rings (SSSR count). The summed E-state index contributed by atoms with van der Waals surface area (Å²) in [7, 11) is 3.08. The van der Waals surface area contributed by atoms with Crippen LogP contribution in [0.5, 0.6) is 5.75 Å². The smallest absolute Gasteiger partial charge is 0.340 e.